The smallest absolute Gasteiger partial charge is 0.343 e. The van der Waals surface area contributed by atoms with E-state index in [1.165, 1.54) is 17.9 Å². The molecule has 1 unspecified atom stereocenters. The lowest BCUT2D eigenvalue weighted by atomic mass is 10.00. The van der Waals surface area contributed by atoms with Crippen LogP contribution in [0.3, 0.4) is 0 Å². The third-order valence-electron chi connectivity index (χ3n) is 5.15. The van der Waals surface area contributed by atoms with Crippen LogP contribution in [0.25, 0.3) is 21.9 Å². The van der Waals surface area contributed by atoms with Crippen LogP contribution in [-0.2, 0) is 16.6 Å². The van der Waals surface area contributed by atoms with E-state index in [4.69, 9.17) is 9.15 Å². The largest absolute Gasteiger partial charge is 0.452 e. The average molecular weight is 419 g/mol. The number of fused-ring (bicyclic) bond motifs is 2. The zero-order chi connectivity index (χ0) is 22.1. The van der Waals surface area contributed by atoms with Gasteiger partial charge in [0.2, 0.25) is 5.71 Å². The lowest BCUT2D eigenvalue weighted by Crippen LogP contribution is -2.31. The Morgan fingerprint density at radius 1 is 1.19 bits per heavy atom. The molecule has 0 aliphatic heterocycles. The van der Waals surface area contributed by atoms with Crippen LogP contribution >= 0.6 is 0 Å². The van der Waals surface area contributed by atoms with Gasteiger partial charge in [0, 0.05) is 7.05 Å². The Bertz CT molecular complexity index is 1360. The summed E-state index contributed by atoms with van der Waals surface area (Å²) in [7, 11) is 1.52. The number of hydrogen-bond acceptors (Lipinski definition) is 6. The van der Waals surface area contributed by atoms with E-state index in [1.807, 2.05) is 49.4 Å². The minimum Gasteiger partial charge on any atom is -0.452 e. The second kappa shape index (κ2) is 8.06. The zero-order valence-electron chi connectivity index (χ0n) is 17.3. The number of carbonyl (C=O) groups is 2. The van der Waals surface area contributed by atoms with Gasteiger partial charge in [-0.15, -0.1) is 0 Å². The van der Waals surface area contributed by atoms with Crippen molar-refractivity contribution in [1.82, 2.24) is 14.9 Å². The maximum Gasteiger partial charge on any atom is 0.343 e. The van der Waals surface area contributed by atoms with Crippen LogP contribution in [0.1, 0.15) is 34.6 Å². The number of aryl methyl sites for hydroxylation is 2. The molecule has 2 heterocycles. The molecule has 8 nitrogen and oxygen atoms in total. The molecule has 0 spiro atoms. The third kappa shape index (κ3) is 3.79. The normalized spacial score (nSPS) is 12.1. The first-order valence-electron chi connectivity index (χ1n) is 9.75. The van der Waals surface area contributed by atoms with Gasteiger partial charge in [-0.3, -0.25) is 9.59 Å². The number of esters is 1. The van der Waals surface area contributed by atoms with Crippen molar-refractivity contribution in [2.24, 2.45) is 7.05 Å². The molecule has 1 amide bonds. The number of ether oxygens (including phenoxy) is 1. The minimum atomic E-state index is -0.811. The van der Waals surface area contributed by atoms with E-state index in [1.54, 1.807) is 6.92 Å². The fraction of sp³-hybridized carbons (Fsp3) is 0.217. The van der Waals surface area contributed by atoms with Crippen molar-refractivity contribution in [1.29, 1.82) is 0 Å². The van der Waals surface area contributed by atoms with Crippen LogP contribution in [-0.4, -0.2) is 28.0 Å². The highest BCUT2D eigenvalue weighted by molar-refractivity contribution is 6.03. The zero-order valence-corrected chi connectivity index (χ0v) is 17.3. The number of benzene rings is 2. The number of nitrogens with zero attached hydrogens (tertiary/aromatic N) is 2. The topological polar surface area (TPSA) is 103 Å². The maximum atomic E-state index is 12.6. The summed E-state index contributed by atoms with van der Waals surface area (Å²) in [5, 5.41) is 5.00. The van der Waals surface area contributed by atoms with Crippen molar-refractivity contribution in [2.45, 2.75) is 19.9 Å². The molecule has 0 radical (unpaired) electrons. The van der Waals surface area contributed by atoms with Gasteiger partial charge in [0.25, 0.3) is 11.5 Å². The molecule has 31 heavy (non-hydrogen) atoms. The van der Waals surface area contributed by atoms with Crippen molar-refractivity contribution in [2.75, 3.05) is 6.61 Å². The van der Waals surface area contributed by atoms with Crippen molar-refractivity contribution in [3.05, 3.63) is 76.0 Å². The van der Waals surface area contributed by atoms with Gasteiger partial charge in [0.15, 0.2) is 6.61 Å². The number of amides is 1. The van der Waals surface area contributed by atoms with Crippen LogP contribution < -0.4 is 10.9 Å². The Hall–Kier alpha value is -3.94. The summed E-state index contributed by atoms with van der Waals surface area (Å²) in [5.74, 6) is -1.06. The number of furan rings is 1. The molecule has 2 aromatic carbocycles. The molecule has 0 fully saturated rings. The molecule has 1 N–H and O–H groups in total. The summed E-state index contributed by atoms with van der Waals surface area (Å²) < 4.78 is 11.8. The van der Waals surface area contributed by atoms with E-state index in [0.717, 1.165) is 16.3 Å². The van der Waals surface area contributed by atoms with E-state index >= 15 is 0 Å². The van der Waals surface area contributed by atoms with Gasteiger partial charge in [-0.1, -0.05) is 42.5 Å². The van der Waals surface area contributed by atoms with Gasteiger partial charge in [-0.25, -0.2) is 9.78 Å². The molecular weight excluding hydrogens is 398 g/mol. The molecule has 1 atom stereocenters. The number of nitrogens with one attached hydrogen (secondary N) is 1. The van der Waals surface area contributed by atoms with Crippen LogP contribution in [0.2, 0.25) is 0 Å². The van der Waals surface area contributed by atoms with Crippen LogP contribution in [0.5, 0.6) is 0 Å². The van der Waals surface area contributed by atoms with Crippen LogP contribution in [0.4, 0.5) is 0 Å². The molecule has 8 heteroatoms. The summed E-state index contributed by atoms with van der Waals surface area (Å²) >= 11 is 0. The van der Waals surface area contributed by atoms with Gasteiger partial charge in [0.1, 0.15) is 23.0 Å². The van der Waals surface area contributed by atoms with Crippen LogP contribution in [0, 0.1) is 6.92 Å². The van der Waals surface area contributed by atoms with E-state index in [2.05, 4.69) is 10.3 Å². The lowest BCUT2D eigenvalue weighted by Gasteiger charge is -2.16. The monoisotopic (exact) mass is 419 g/mol. The van der Waals surface area contributed by atoms with Crippen molar-refractivity contribution in [3.63, 3.8) is 0 Å². The second-order valence-electron chi connectivity index (χ2n) is 7.31. The molecule has 2 aromatic heterocycles. The molecule has 0 saturated carbocycles. The van der Waals surface area contributed by atoms with E-state index in [9.17, 15) is 14.4 Å². The third-order valence-corrected chi connectivity index (χ3v) is 5.15. The molecule has 0 aliphatic carbocycles. The number of carbonyl (C=O) groups excluding carboxylic acids is 2. The highest BCUT2D eigenvalue weighted by Crippen LogP contribution is 2.24. The molecule has 158 valence electrons. The first-order valence-corrected chi connectivity index (χ1v) is 9.75. The summed E-state index contributed by atoms with van der Waals surface area (Å²) in [4.78, 5) is 41.4. The SMILES string of the molecule is Cc1oc2ncn(C)c(=O)c2c1C(=O)OCC(=O)NC(C)c1cccc2ccccc12. The Labute approximate surface area is 177 Å². The predicted octanol–water partition coefficient (Wildman–Crippen LogP) is 3.02. The van der Waals surface area contributed by atoms with Gasteiger partial charge >= 0.3 is 5.97 Å². The van der Waals surface area contributed by atoms with Crippen LogP contribution in [0.15, 0.2) is 58.0 Å². The Morgan fingerprint density at radius 2 is 1.94 bits per heavy atom. The summed E-state index contributed by atoms with van der Waals surface area (Å²) in [5.41, 5.74) is 0.576. The molecule has 0 saturated heterocycles. The molecule has 4 aromatic rings. The summed E-state index contributed by atoms with van der Waals surface area (Å²) in [6, 6.07) is 13.5. The van der Waals surface area contributed by atoms with Crippen molar-refractivity contribution in [3.8, 4) is 0 Å². The number of aromatic nitrogens is 2. The van der Waals surface area contributed by atoms with E-state index in [-0.39, 0.29) is 28.5 Å². The van der Waals surface area contributed by atoms with E-state index in [0.29, 0.717) is 0 Å². The molecular formula is C23H21N3O5. The maximum absolute atomic E-state index is 12.6. The number of rotatable bonds is 5. The molecule has 4 rings (SSSR count). The highest BCUT2D eigenvalue weighted by Gasteiger charge is 2.24. The summed E-state index contributed by atoms with van der Waals surface area (Å²) in [6.45, 7) is 2.92. The standard InChI is InChI=1S/C23H21N3O5/c1-13(16-10-6-8-15-7-4-5-9-17(15)16)25-18(27)11-30-23(29)19-14(2)31-21-20(19)22(28)26(3)12-24-21/h4-10,12-13H,11H2,1-3H3,(H,25,27). The van der Waals surface area contributed by atoms with Gasteiger partial charge < -0.3 is 19.0 Å². The fourth-order valence-corrected chi connectivity index (χ4v) is 3.63. The van der Waals surface area contributed by atoms with E-state index < -0.39 is 24.0 Å². The quantitative estimate of drug-likeness (QED) is 0.499. The predicted molar refractivity (Wildman–Crippen MR) is 115 cm³/mol. The van der Waals surface area contributed by atoms with Gasteiger partial charge in [-0.05, 0) is 30.2 Å². The Morgan fingerprint density at radius 3 is 2.74 bits per heavy atom. The second-order valence-corrected chi connectivity index (χ2v) is 7.31. The highest BCUT2D eigenvalue weighted by atomic mass is 16.5. The molecule has 0 bridgehead atoms. The Balaban J connectivity index is 1.47. The number of hydrogen-bond donors (Lipinski definition) is 1. The first-order chi connectivity index (χ1) is 14.9. The minimum absolute atomic E-state index is 0.0152. The van der Waals surface area contributed by atoms with Gasteiger partial charge in [0.05, 0.1) is 6.04 Å². The lowest BCUT2D eigenvalue weighted by molar-refractivity contribution is -0.124. The van der Waals surface area contributed by atoms with Crippen molar-refractivity contribution < 1.29 is 18.7 Å². The molecule has 0 aliphatic rings. The average Bonchev–Trinajstić information content (AvgIpc) is 3.11. The fourth-order valence-electron chi connectivity index (χ4n) is 3.63. The van der Waals surface area contributed by atoms with Crippen molar-refractivity contribution >= 4 is 33.7 Å². The van der Waals surface area contributed by atoms with Gasteiger partial charge in [-0.2, -0.15) is 0 Å². The Kier molecular flexibility index (Phi) is 5.29. The first kappa shape index (κ1) is 20.3. The summed E-state index contributed by atoms with van der Waals surface area (Å²) in [6.07, 6.45) is 1.31.